The van der Waals surface area contributed by atoms with Gasteiger partial charge in [0.15, 0.2) is 0 Å². The summed E-state index contributed by atoms with van der Waals surface area (Å²) in [6.45, 7) is 5.50. The molecule has 1 nitrogen and oxygen atoms in total. The summed E-state index contributed by atoms with van der Waals surface area (Å²) in [5, 5.41) is 7.00. The number of hydrogen-bond donors (Lipinski definition) is 1. The minimum absolute atomic E-state index is 0. The first kappa shape index (κ1) is 15.7. The topological polar surface area (TPSA) is 20.2 Å². The van der Waals surface area contributed by atoms with E-state index >= 15 is 0 Å². The van der Waals surface area contributed by atoms with Crippen LogP contribution in [0.1, 0.15) is 13.3 Å². The first-order valence-electron chi connectivity index (χ1n) is 1.65. The Balaban J connectivity index is -0.0000000275. The summed E-state index contributed by atoms with van der Waals surface area (Å²) in [4.78, 5) is 0. The summed E-state index contributed by atoms with van der Waals surface area (Å²) in [6, 6.07) is 0. The molecule has 0 aromatic carbocycles. The van der Waals surface area contributed by atoms with Crippen molar-refractivity contribution in [3.8, 4) is 0 Å². The fraction of sp³-hybridized carbons (Fsp3) is 0.750. The minimum atomic E-state index is 0. The van der Waals surface area contributed by atoms with Crippen molar-refractivity contribution in [3.63, 3.8) is 0 Å². The predicted molar refractivity (Wildman–Crippen MR) is 23.8 cm³/mol. The van der Waals surface area contributed by atoms with Crippen molar-refractivity contribution in [2.45, 2.75) is 13.3 Å². The van der Waals surface area contributed by atoms with E-state index in [2.05, 4.69) is 6.92 Å². The molecule has 1 radical (unpaired) electrons. The molecule has 2 heteroatoms. The van der Waals surface area contributed by atoms with Crippen molar-refractivity contribution in [3.05, 3.63) is 6.92 Å². The van der Waals surface area contributed by atoms with E-state index in [4.69, 9.17) is 5.11 Å². The van der Waals surface area contributed by atoms with Crippen molar-refractivity contribution in [2.75, 3.05) is 7.11 Å². The van der Waals surface area contributed by atoms with Crippen LogP contribution >= 0.6 is 0 Å². The molecule has 0 saturated carbocycles. The van der Waals surface area contributed by atoms with Gasteiger partial charge in [-0.3, -0.25) is 0 Å². The molecule has 0 saturated heterocycles. The Hall–Kier alpha value is 1.15. The average Bonchev–Trinajstić information content (AvgIpc) is 1.46. The molecule has 0 atom stereocenters. The first-order valence-corrected chi connectivity index (χ1v) is 1.65. The molecule has 0 aromatic heterocycles. The van der Waals surface area contributed by atoms with Crippen molar-refractivity contribution < 1.29 is 40.7 Å². The molecule has 37 valence electrons. The number of aliphatic hydroxyl groups is 1. The van der Waals surface area contributed by atoms with Gasteiger partial charge in [-0.1, -0.05) is 6.92 Å². The fourth-order valence-electron chi connectivity index (χ4n) is 0. The third kappa shape index (κ3) is 66.7. The van der Waals surface area contributed by atoms with Crippen LogP contribution in [-0.2, 0) is 0 Å². The maximum Gasteiger partial charge on any atom is 0.0319 e. The van der Waals surface area contributed by atoms with Crippen LogP contribution < -0.4 is 0 Å². The van der Waals surface area contributed by atoms with Crippen LogP contribution in [0.3, 0.4) is 0 Å². The molecule has 0 fully saturated rings. The van der Waals surface area contributed by atoms with Gasteiger partial charge in [0.1, 0.15) is 0 Å². The van der Waals surface area contributed by atoms with Gasteiger partial charge in [0.25, 0.3) is 0 Å². The summed E-state index contributed by atoms with van der Waals surface area (Å²) < 4.78 is 0. The Morgan fingerprint density at radius 3 is 1.50 bits per heavy atom. The van der Waals surface area contributed by atoms with Crippen molar-refractivity contribution in [1.29, 1.82) is 0 Å². The molecule has 0 aliphatic carbocycles. The predicted octanol–water partition coefficient (Wildman–Crippen LogP) is 0.839. The van der Waals surface area contributed by atoms with Gasteiger partial charge in [0.05, 0.1) is 0 Å². The van der Waals surface area contributed by atoms with Gasteiger partial charge in [0.2, 0.25) is 0 Å². The Morgan fingerprint density at radius 1 is 1.50 bits per heavy atom. The van der Waals surface area contributed by atoms with Gasteiger partial charge in [-0.2, -0.15) is 6.42 Å². The molecule has 0 unspecified atom stereocenters. The largest absolute Gasteiger partial charge is 0.400 e. The van der Waals surface area contributed by atoms with E-state index in [0.29, 0.717) is 0 Å². The van der Waals surface area contributed by atoms with Crippen LogP contribution in [0, 0.1) is 42.5 Å². The summed E-state index contributed by atoms with van der Waals surface area (Å²) in [7, 11) is 1.00. The molecule has 0 aliphatic heterocycles. The van der Waals surface area contributed by atoms with E-state index in [-0.39, 0.29) is 35.6 Å². The van der Waals surface area contributed by atoms with Crippen LogP contribution in [0.2, 0.25) is 0 Å². The molecule has 0 rings (SSSR count). The second-order valence-corrected chi connectivity index (χ2v) is 0.500. The van der Waals surface area contributed by atoms with Crippen molar-refractivity contribution in [1.82, 2.24) is 0 Å². The van der Waals surface area contributed by atoms with Gasteiger partial charge in [-0.05, 0) is 0 Å². The third-order valence-corrected chi connectivity index (χ3v) is 0. The molecule has 0 bridgehead atoms. The summed E-state index contributed by atoms with van der Waals surface area (Å²) in [5.74, 6) is 0. The minimum Gasteiger partial charge on any atom is -0.400 e. The second-order valence-electron chi connectivity index (χ2n) is 0.500. The molecule has 0 heterocycles. The van der Waals surface area contributed by atoms with Crippen molar-refractivity contribution >= 4 is 0 Å². The number of rotatable bonds is 0. The molecule has 0 spiro atoms. The smallest absolute Gasteiger partial charge is 0.0319 e. The molecule has 1 N–H and O–H groups in total. The number of aliphatic hydroxyl groups excluding tert-OH is 1. The summed E-state index contributed by atoms with van der Waals surface area (Å²) in [6.07, 6.45) is 1.00. The quantitative estimate of drug-likeness (QED) is 0.592. The Morgan fingerprint density at radius 2 is 1.50 bits per heavy atom. The monoisotopic (exact) mass is 214 g/mol. The summed E-state index contributed by atoms with van der Waals surface area (Å²) in [5.41, 5.74) is 0. The normalized spacial score (nSPS) is 4.00. The van der Waals surface area contributed by atoms with E-state index in [1.165, 1.54) is 0 Å². The fourth-order valence-corrected chi connectivity index (χ4v) is 0. The van der Waals surface area contributed by atoms with E-state index in [1.54, 1.807) is 0 Å². The van der Waals surface area contributed by atoms with E-state index < -0.39 is 0 Å². The maximum atomic E-state index is 7.00. The van der Waals surface area contributed by atoms with Gasteiger partial charge in [-0.15, -0.1) is 0 Å². The Labute approximate surface area is 67.7 Å². The van der Waals surface area contributed by atoms with Gasteiger partial charge >= 0.3 is 0 Å². The number of hydrogen-bond acceptors (Lipinski definition) is 1. The molecular formula is C4H11LaO-. The molecular weight excluding hydrogens is 203 g/mol. The Kier molecular flexibility index (Phi) is 92.2. The van der Waals surface area contributed by atoms with Crippen LogP contribution in [0.25, 0.3) is 0 Å². The van der Waals surface area contributed by atoms with Gasteiger partial charge in [-0.25, -0.2) is 0 Å². The SMILES string of the molecule is CO.[CH2-]CC.[La]. The third-order valence-electron chi connectivity index (χ3n) is 0. The van der Waals surface area contributed by atoms with Crippen LogP contribution in [0.4, 0.5) is 0 Å². The van der Waals surface area contributed by atoms with Crippen molar-refractivity contribution in [2.24, 2.45) is 0 Å². The maximum absolute atomic E-state index is 7.00. The van der Waals surface area contributed by atoms with E-state index in [0.717, 1.165) is 13.5 Å². The summed E-state index contributed by atoms with van der Waals surface area (Å²) >= 11 is 0. The van der Waals surface area contributed by atoms with Gasteiger partial charge in [0, 0.05) is 42.7 Å². The molecule has 0 aliphatic rings. The zero-order valence-electron chi connectivity index (χ0n) is 4.44. The second kappa shape index (κ2) is 35.2. The molecule has 0 amide bonds. The van der Waals surface area contributed by atoms with Crippen LogP contribution in [0.5, 0.6) is 0 Å². The van der Waals surface area contributed by atoms with Crippen LogP contribution in [-0.4, -0.2) is 12.2 Å². The van der Waals surface area contributed by atoms with E-state index in [9.17, 15) is 0 Å². The average molecular weight is 214 g/mol. The molecule has 6 heavy (non-hydrogen) atoms. The Bertz CT molecular complexity index is 7.51. The zero-order chi connectivity index (χ0) is 4.71. The standard InChI is InChI=1S/C3H7.CH4O.La/c1-3-2;1-2;/h1,3H2,2H3;2H,1H3;/q-1;;. The van der Waals surface area contributed by atoms with E-state index in [1.807, 2.05) is 6.92 Å². The van der Waals surface area contributed by atoms with Crippen LogP contribution in [0.15, 0.2) is 0 Å². The first-order chi connectivity index (χ1) is 2.41. The zero-order valence-corrected chi connectivity index (χ0v) is 8.06. The molecule has 0 aromatic rings. The van der Waals surface area contributed by atoms with Gasteiger partial charge < -0.3 is 12.0 Å².